The molecule has 1 heterocycles. The van der Waals surface area contributed by atoms with Crippen LogP contribution >= 0.6 is 27.3 Å². The van der Waals surface area contributed by atoms with Gasteiger partial charge in [0.1, 0.15) is 0 Å². The van der Waals surface area contributed by atoms with Crippen LogP contribution in [0.4, 0.5) is 0 Å². The van der Waals surface area contributed by atoms with Gasteiger partial charge in [-0.1, -0.05) is 52.3 Å². The summed E-state index contributed by atoms with van der Waals surface area (Å²) in [5, 5.41) is 13.9. The molecule has 102 valence electrons. The molecule has 3 rings (SSSR count). The average molecular weight is 347 g/mol. The molecular formula is C17H15BrOS. The van der Waals surface area contributed by atoms with Crippen LogP contribution in [0.3, 0.4) is 0 Å². The van der Waals surface area contributed by atoms with Crippen molar-refractivity contribution in [2.45, 2.75) is 19.4 Å². The Balaban J connectivity index is 1.92. The van der Waals surface area contributed by atoms with E-state index in [0.29, 0.717) is 6.42 Å². The van der Waals surface area contributed by atoms with Gasteiger partial charge in [0.05, 0.1) is 6.10 Å². The molecule has 1 N–H and O–H groups in total. The second-order valence-electron chi connectivity index (χ2n) is 4.96. The van der Waals surface area contributed by atoms with Gasteiger partial charge >= 0.3 is 0 Å². The molecule has 0 aliphatic heterocycles. The lowest BCUT2D eigenvalue weighted by Crippen LogP contribution is -2.03. The van der Waals surface area contributed by atoms with Gasteiger partial charge in [-0.05, 0) is 40.4 Å². The molecule has 3 aromatic rings. The van der Waals surface area contributed by atoms with E-state index in [-0.39, 0.29) is 0 Å². The standard InChI is InChI=1S/C17H15BrOS/c1-11-5-4-7-14(17(11)18)15(19)9-12-10-20-16-8-3-2-6-13(12)16/h2-8,10,15,19H,9H2,1H3. The maximum Gasteiger partial charge on any atom is 0.0841 e. The Labute approximate surface area is 131 Å². The van der Waals surface area contributed by atoms with Gasteiger partial charge in [-0.15, -0.1) is 11.3 Å². The minimum absolute atomic E-state index is 0.484. The van der Waals surface area contributed by atoms with Crippen LogP contribution in [0, 0.1) is 6.92 Å². The zero-order valence-corrected chi connectivity index (χ0v) is 13.5. The minimum Gasteiger partial charge on any atom is -0.388 e. The Morgan fingerprint density at radius 2 is 1.95 bits per heavy atom. The van der Waals surface area contributed by atoms with E-state index in [0.717, 1.165) is 15.6 Å². The molecule has 0 amide bonds. The predicted molar refractivity (Wildman–Crippen MR) is 89.4 cm³/mol. The maximum absolute atomic E-state index is 10.5. The largest absolute Gasteiger partial charge is 0.388 e. The number of rotatable bonds is 3. The molecule has 0 saturated carbocycles. The zero-order valence-electron chi connectivity index (χ0n) is 11.1. The highest BCUT2D eigenvalue weighted by Gasteiger charge is 2.15. The van der Waals surface area contributed by atoms with Crippen LogP contribution in [0.5, 0.6) is 0 Å². The van der Waals surface area contributed by atoms with Crippen LogP contribution < -0.4 is 0 Å². The third kappa shape index (κ3) is 2.53. The highest BCUT2D eigenvalue weighted by molar-refractivity contribution is 9.10. The summed E-state index contributed by atoms with van der Waals surface area (Å²) in [5.41, 5.74) is 3.32. The number of aliphatic hydroxyl groups excluding tert-OH is 1. The van der Waals surface area contributed by atoms with Crippen molar-refractivity contribution in [3.8, 4) is 0 Å². The summed E-state index contributed by atoms with van der Waals surface area (Å²) < 4.78 is 2.28. The summed E-state index contributed by atoms with van der Waals surface area (Å²) in [7, 11) is 0. The third-order valence-corrected chi connectivity index (χ3v) is 5.65. The van der Waals surface area contributed by atoms with Gasteiger partial charge < -0.3 is 5.11 Å². The first kappa shape index (κ1) is 13.8. The molecule has 20 heavy (non-hydrogen) atoms. The van der Waals surface area contributed by atoms with Crippen LogP contribution in [-0.4, -0.2) is 5.11 Å². The predicted octanol–water partition coefficient (Wildman–Crippen LogP) is 5.25. The fourth-order valence-electron chi connectivity index (χ4n) is 2.44. The quantitative estimate of drug-likeness (QED) is 0.686. The number of aliphatic hydroxyl groups is 1. The van der Waals surface area contributed by atoms with Crippen LogP contribution in [0.15, 0.2) is 52.3 Å². The van der Waals surface area contributed by atoms with Crippen molar-refractivity contribution in [3.63, 3.8) is 0 Å². The second-order valence-corrected chi connectivity index (χ2v) is 6.66. The van der Waals surface area contributed by atoms with E-state index in [1.807, 2.05) is 31.2 Å². The summed E-state index contributed by atoms with van der Waals surface area (Å²) in [5.74, 6) is 0. The van der Waals surface area contributed by atoms with E-state index in [1.54, 1.807) is 11.3 Å². The van der Waals surface area contributed by atoms with Crippen molar-refractivity contribution in [2.75, 3.05) is 0 Å². The van der Waals surface area contributed by atoms with Gasteiger partial charge in [-0.3, -0.25) is 0 Å². The lowest BCUT2D eigenvalue weighted by atomic mass is 10.00. The number of fused-ring (bicyclic) bond motifs is 1. The first-order chi connectivity index (χ1) is 9.66. The Bertz CT molecular complexity index is 748. The van der Waals surface area contributed by atoms with Gasteiger partial charge in [0.2, 0.25) is 0 Å². The number of halogens is 1. The molecule has 1 unspecified atom stereocenters. The van der Waals surface area contributed by atoms with Crippen LogP contribution in [0.1, 0.15) is 22.8 Å². The summed E-state index contributed by atoms with van der Waals surface area (Å²) >= 11 is 5.31. The smallest absolute Gasteiger partial charge is 0.0841 e. The average Bonchev–Trinajstić information content (AvgIpc) is 2.85. The fourth-order valence-corrected chi connectivity index (χ4v) is 3.94. The molecule has 1 atom stereocenters. The Hall–Kier alpha value is -1.16. The van der Waals surface area contributed by atoms with Gasteiger partial charge in [0.15, 0.2) is 0 Å². The number of hydrogen-bond acceptors (Lipinski definition) is 2. The topological polar surface area (TPSA) is 20.2 Å². The van der Waals surface area contributed by atoms with Crippen molar-refractivity contribution in [1.82, 2.24) is 0 Å². The first-order valence-corrected chi connectivity index (χ1v) is 8.22. The minimum atomic E-state index is -0.484. The molecule has 1 aromatic heterocycles. The third-order valence-electron chi connectivity index (χ3n) is 3.56. The number of aryl methyl sites for hydroxylation is 1. The van der Waals surface area contributed by atoms with Gasteiger partial charge in [0, 0.05) is 15.6 Å². The summed E-state index contributed by atoms with van der Waals surface area (Å²) in [6, 6.07) is 14.4. The number of benzene rings is 2. The van der Waals surface area contributed by atoms with E-state index in [2.05, 4.69) is 39.5 Å². The summed E-state index contributed by atoms with van der Waals surface area (Å²) in [4.78, 5) is 0. The molecule has 0 saturated heterocycles. The Morgan fingerprint density at radius 3 is 2.80 bits per heavy atom. The molecule has 0 aliphatic carbocycles. The second kappa shape index (κ2) is 5.68. The molecule has 0 aliphatic rings. The lowest BCUT2D eigenvalue weighted by molar-refractivity contribution is 0.178. The first-order valence-electron chi connectivity index (χ1n) is 6.55. The number of hydrogen-bond donors (Lipinski definition) is 1. The maximum atomic E-state index is 10.5. The summed E-state index contributed by atoms with van der Waals surface area (Å²) in [6.07, 6.45) is 0.161. The van der Waals surface area contributed by atoms with Crippen molar-refractivity contribution < 1.29 is 5.11 Å². The molecule has 2 aromatic carbocycles. The molecule has 0 radical (unpaired) electrons. The number of thiophene rings is 1. The van der Waals surface area contributed by atoms with Crippen molar-refractivity contribution in [1.29, 1.82) is 0 Å². The van der Waals surface area contributed by atoms with Gasteiger partial charge in [-0.25, -0.2) is 0 Å². The van der Waals surface area contributed by atoms with Crippen molar-refractivity contribution >= 4 is 37.4 Å². The van der Waals surface area contributed by atoms with Gasteiger partial charge in [0.25, 0.3) is 0 Å². The highest BCUT2D eigenvalue weighted by Crippen LogP contribution is 2.32. The molecule has 3 heteroatoms. The van der Waals surface area contributed by atoms with E-state index < -0.39 is 6.10 Å². The summed E-state index contributed by atoms with van der Waals surface area (Å²) in [6.45, 7) is 2.04. The Kier molecular flexibility index (Phi) is 3.92. The van der Waals surface area contributed by atoms with Crippen LogP contribution in [-0.2, 0) is 6.42 Å². The molecule has 0 spiro atoms. The normalized spacial score (nSPS) is 12.8. The zero-order chi connectivity index (χ0) is 14.1. The van der Waals surface area contributed by atoms with Crippen LogP contribution in [0.2, 0.25) is 0 Å². The van der Waals surface area contributed by atoms with Crippen molar-refractivity contribution in [2.24, 2.45) is 0 Å². The molecular weight excluding hydrogens is 332 g/mol. The van der Waals surface area contributed by atoms with E-state index in [1.165, 1.54) is 15.6 Å². The van der Waals surface area contributed by atoms with E-state index >= 15 is 0 Å². The lowest BCUT2D eigenvalue weighted by Gasteiger charge is -2.14. The molecule has 0 fully saturated rings. The van der Waals surface area contributed by atoms with Crippen molar-refractivity contribution in [3.05, 3.63) is 69.0 Å². The van der Waals surface area contributed by atoms with Crippen LogP contribution in [0.25, 0.3) is 10.1 Å². The van der Waals surface area contributed by atoms with E-state index in [9.17, 15) is 5.11 Å². The fraction of sp³-hybridized carbons (Fsp3) is 0.176. The van der Waals surface area contributed by atoms with E-state index in [4.69, 9.17) is 0 Å². The van der Waals surface area contributed by atoms with Gasteiger partial charge in [-0.2, -0.15) is 0 Å². The SMILES string of the molecule is Cc1cccc(C(O)Cc2csc3ccccc23)c1Br. The monoisotopic (exact) mass is 346 g/mol. The highest BCUT2D eigenvalue weighted by atomic mass is 79.9. The Morgan fingerprint density at radius 1 is 1.15 bits per heavy atom. The molecule has 1 nitrogen and oxygen atoms in total. The molecule has 0 bridgehead atoms.